The average Bonchev–Trinajstić information content (AvgIpc) is 2.80. The number of anilines is 1. The zero-order valence-corrected chi connectivity index (χ0v) is 9.95. The number of hydrogen-bond acceptors (Lipinski definition) is 3. The summed E-state index contributed by atoms with van der Waals surface area (Å²) in [6.07, 6.45) is 2.68. The van der Waals surface area contributed by atoms with Crippen molar-refractivity contribution in [1.82, 2.24) is 0 Å². The molecule has 0 saturated carbocycles. The molecule has 1 aromatic rings. The number of aryl methyl sites for hydroxylation is 1. The van der Waals surface area contributed by atoms with E-state index in [2.05, 4.69) is 24.4 Å². The lowest BCUT2D eigenvalue weighted by Gasteiger charge is -2.14. The van der Waals surface area contributed by atoms with Crippen molar-refractivity contribution in [2.24, 2.45) is 0 Å². The summed E-state index contributed by atoms with van der Waals surface area (Å²) in [6, 6.07) is 6.18. The summed E-state index contributed by atoms with van der Waals surface area (Å²) in [5.74, 6) is 0.901. The van der Waals surface area contributed by atoms with E-state index in [0.29, 0.717) is 6.10 Å². The average molecular weight is 221 g/mol. The van der Waals surface area contributed by atoms with E-state index in [1.807, 2.05) is 6.07 Å². The van der Waals surface area contributed by atoms with Crippen molar-refractivity contribution >= 4 is 5.69 Å². The predicted molar refractivity (Wildman–Crippen MR) is 65.2 cm³/mol. The summed E-state index contributed by atoms with van der Waals surface area (Å²) in [6.45, 7) is 3.82. The Bertz CT molecular complexity index is 346. The lowest BCUT2D eigenvalue weighted by Crippen LogP contribution is -2.18. The first-order valence-electron chi connectivity index (χ1n) is 5.79. The summed E-state index contributed by atoms with van der Waals surface area (Å²) < 4.78 is 10.9. The van der Waals surface area contributed by atoms with E-state index in [9.17, 15) is 0 Å². The molecule has 0 spiro atoms. The van der Waals surface area contributed by atoms with Gasteiger partial charge in [0.05, 0.1) is 18.9 Å². The first kappa shape index (κ1) is 11.3. The van der Waals surface area contributed by atoms with Crippen LogP contribution in [-0.2, 0) is 4.74 Å². The molecule has 1 unspecified atom stereocenters. The van der Waals surface area contributed by atoms with Crippen LogP contribution in [0.4, 0.5) is 5.69 Å². The third-order valence-corrected chi connectivity index (χ3v) is 2.90. The van der Waals surface area contributed by atoms with Gasteiger partial charge in [0.2, 0.25) is 0 Å². The molecule has 1 aliphatic heterocycles. The van der Waals surface area contributed by atoms with Crippen LogP contribution in [0.1, 0.15) is 18.4 Å². The Morgan fingerprint density at radius 3 is 3.06 bits per heavy atom. The number of hydrogen-bond donors (Lipinski definition) is 1. The van der Waals surface area contributed by atoms with Gasteiger partial charge in [-0.2, -0.15) is 0 Å². The summed E-state index contributed by atoms with van der Waals surface area (Å²) in [5.41, 5.74) is 2.25. The fraction of sp³-hybridized carbons (Fsp3) is 0.538. The van der Waals surface area contributed by atoms with E-state index in [4.69, 9.17) is 9.47 Å². The molecule has 2 rings (SSSR count). The highest BCUT2D eigenvalue weighted by Gasteiger charge is 2.15. The molecular formula is C13H19NO2. The Morgan fingerprint density at radius 1 is 1.50 bits per heavy atom. The van der Waals surface area contributed by atoms with Gasteiger partial charge in [-0.1, -0.05) is 6.07 Å². The molecule has 88 valence electrons. The molecule has 3 nitrogen and oxygen atoms in total. The van der Waals surface area contributed by atoms with Crippen LogP contribution in [0.2, 0.25) is 0 Å². The molecular weight excluding hydrogens is 202 g/mol. The smallest absolute Gasteiger partial charge is 0.142 e. The molecule has 1 fully saturated rings. The second-order valence-electron chi connectivity index (χ2n) is 4.22. The molecule has 3 heteroatoms. The zero-order chi connectivity index (χ0) is 11.4. The number of rotatable bonds is 4. The highest BCUT2D eigenvalue weighted by Crippen LogP contribution is 2.25. The number of ether oxygens (including phenoxy) is 2. The second kappa shape index (κ2) is 5.21. The zero-order valence-electron chi connectivity index (χ0n) is 9.95. The largest absolute Gasteiger partial charge is 0.495 e. The van der Waals surface area contributed by atoms with Crippen molar-refractivity contribution < 1.29 is 9.47 Å². The lowest BCUT2D eigenvalue weighted by atomic mass is 10.2. The van der Waals surface area contributed by atoms with Gasteiger partial charge < -0.3 is 14.8 Å². The van der Waals surface area contributed by atoms with Crippen molar-refractivity contribution in [3.8, 4) is 5.75 Å². The first-order chi connectivity index (χ1) is 7.79. The SMILES string of the molecule is COc1cc(C)ccc1NCC1CCCO1. The van der Waals surface area contributed by atoms with Crippen LogP contribution < -0.4 is 10.1 Å². The Hall–Kier alpha value is -1.22. The van der Waals surface area contributed by atoms with Gasteiger partial charge in [0.15, 0.2) is 0 Å². The maximum Gasteiger partial charge on any atom is 0.142 e. The second-order valence-corrected chi connectivity index (χ2v) is 4.22. The van der Waals surface area contributed by atoms with Crippen LogP contribution in [0, 0.1) is 6.92 Å². The van der Waals surface area contributed by atoms with Crippen LogP contribution >= 0.6 is 0 Å². The van der Waals surface area contributed by atoms with E-state index in [1.54, 1.807) is 7.11 Å². The monoisotopic (exact) mass is 221 g/mol. The summed E-state index contributed by atoms with van der Waals surface area (Å²) in [7, 11) is 1.70. The van der Waals surface area contributed by atoms with Crippen LogP contribution in [0.25, 0.3) is 0 Å². The Labute approximate surface area is 96.8 Å². The molecule has 1 N–H and O–H groups in total. The number of benzene rings is 1. The molecule has 1 heterocycles. The predicted octanol–water partition coefficient (Wildman–Crippen LogP) is 2.59. The molecule has 0 aliphatic carbocycles. The first-order valence-corrected chi connectivity index (χ1v) is 5.79. The normalized spacial score (nSPS) is 19.8. The van der Waals surface area contributed by atoms with Gasteiger partial charge in [-0.25, -0.2) is 0 Å². The van der Waals surface area contributed by atoms with Crippen LogP contribution in [0.5, 0.6) is 5.75 Å². The van der Waals surface area contributed by atoms with Gasteiger partial charge in [-0.15, -0.1) is 0 Å². The summed E-state index contributed by atoms with van der Waals surface area (Å²) in [4.78, 5) is 0. The minimum atomic E-state index is 0.353. The highest BCUT2D eigenvalue weighted by atomic mass is 16.5. The van der Waals surface area contributed by atoms with Crippen molar-refractivity contribution in [2.45, 2.75) is 25.9 Å². The van der Waals surface area contributed by atoms with E-state index >= 15 is 0 Å². The maximum absolute atomic E-state index is 5.57. The standard InChI is InChI=1S/C13H19NO2/c1-10-5-6-12(13(8-10)15-2)14-9-11-4-3-7-16-11/h5-6,8,11,14H,3-4,7,9H2,1-2H3. The molecule has 1 aromatic carbocycles. The fourth-order valence-electron chi connectivity index (χ4n) is 1.97. The highest BCUT2D eigenvalue weighted by molar-refractivity contribution is 5.57. The van der Waals surface area contributed by atoms with Gasteiger partial charge in [0.25, 0.3) is 0 Å². The lowest BCUT2D eigenvalue weighted by molar-refractivity contribution is 0.120. The van der Waals surface area contributed by atoms with Gasteiger partial charge in [-0.3, -0.25) is 0 Å². The van der Waals surface area contributed by atoms with E-state index < -0.39 is 0 Å². The molecule has 1 saturated heterocycles. The molecule has 0 bridgehead atoms. The summed E-state index contributed by atoms with van der Waals surface area (Å²) >= 11 is 0. The maximum atomic E-state index is 5.57. The molecule has 0 amide bonds. The van der Waals surface area contributed by atoms with E-state index in [1.165, 1.54) is 12.0 Å². The van der Waals surface area contributed by atoms with Crippen molar-refractivity contribution in [1.29, 1.82) is 0 Å². The van der Waals surface area contributed by atoms with Crippen molar-refractivity contribution in [3.05, 3.63) is 23.8 Å². The fourth-order valence-corrected chi connectivity index (χ4v) is 1.97. The number of nitrogens with one attached hydrogen (secondary N) is 1. The Balaban J connectivity index is 1.97. The van der Waals surface area contributed by atoms with E-state index in [-0.39, 0.29) is 0 Å². The van der Waals surface area contributed by atoms with E-state index in [0.717, 1.165) is 31.0 Å². The van der Waals surface area contributed by atoms with Gasteiger partial charge in [0, 0.05) is 13.2 Å². The van der Waals surface area contributed by atoms with Gasteiger partial charge >= 0.3 is 0 Å². The van der Waals surface area contributed by atoms with Crippen LogP contribution in [0.3, 0.4) is 0 Å². The molecule has 0 radical (unpaired) electrons. The molecule has 0 aromatic heterocycles. The third kappa shape index (κ3) is 2.67. The van der Waals surface area contributed by atoms with Crippen LogP contribution in [0.15, 0.2) is 18.2 Å². The van der Waals surface area contributed by atoms with Gasteiger partial charge in [-0.05, 0) is 37.5 Å². The van der Waals surface area contributed by atoms with Crippen molar-refractivity contribution in [3.63, 3.8) is 0 Å². The van der Waals surface area contributed by atoms with Crippen LogP contribution in [-0.4, -0.2) is 26.4 Å². The topological polar surface area (TPSA) is 30.5 Å². The molecule has 1 aliphatic rings. The summed E-state index contributed by atoms with van der Waals surface area (Å²) in [5, 5.41) is 3.38. The molecule has 1 atom stereocenters. The minimum absolute atomic E-state index is 0.353. The number of methoxy groups -OCH3 is 1. The molecule has 16 heavy (non-hydrogen) atoms. The Morgan fingerprint density at radius 2 is 2.38 bits per heavy atom. The quantitative estimate of drug-likeness (QED) is 0.847. The van der Waals surface area contributed by atoms with Gasteiger partial charge in [0.1, 0.15) is 5.75 Å². The Kier molecular flexibility index (Phi) is 3.67. The third-order valence-electron chi connectivity index (χ3n) is 2.90. The minimum Gasteiger partial charge on any atom is -0.495 e. The van der Waals surface area contributed by atoms with Crippen molar-refractivity contribution in [2.75, 3.05) is 25.6 Å².